The van der Waals surface area contributed by atoms with E-state index in [9.17, 15) is 9.90 Å². The normalized spacial score (nSPS) is 19.9. The van der Waals surface area contributed by atoms with Gasteiger partial charge < -0.3 is 19.8 Å². The maximum Gasteiger partial charge on any atom is 0.254 e. The molecule has 0 radical (unpaired) electrons. The van der Waals surface area contributed by atoms with Crippen LogP contribution in [0, 0.1) is 0 Å². The van der Waals surface area contributed by atoms with Crippen LogP contribution in [-0.2, 0) is 4.74 Å². The average molecular weight is 272 g/mol. The molecule has 6 heteroatoms. The van der Waals surface area contributed by atoms with Gasteiger partial charge in [-0.25, -0.2) is 0 Å². The molecule has 0 saturated carbocycles. The molecule has 1 fully saturated rings. The molecule has 2 rings (SSSR count). The van der Waals surface area contributed by atoms with Gasteiger partial charge in [-0.15, -0.1) is 0 Å². The third-order valence-corrected chi connectivity index (χ3v) is 3.13. The molecule has 98 valence electrons. The second-order valence-electron chi connectivity index (χ2n) is 4.09. The van der Waals surface area contributed by atoms with E-state index >= 15 is 0 Å². The Labute approximate surface area is 110 Å². The molecule has 1 amide bonds. The van der Waals surface area contributed by atoms with Crippen molar-refractivity contribution in [3.8, 4) is 5.75 Å². The number of phenolic OH excluding ortho intramolecular Hbond substituents is 1. The molecule has 1 atom stereocenters. The van der Waals surface area contributed by atoms with Crippen molar-refractivity contribution in [1.29, 1.82) is 0 Å². The molecule has 0 bridgehead atoms. The summed E-state index contributed by atoms with van der Waals surface area (Å²) in [5.41, 5.74) is 0.413. The van der Waals surface area contributed by atoms with Crippen molar-refractivity contribution in [1.82, 2.24) is 4.90 Å². The number of aliphatic hydroxyl groups excluding tert-OH is 1. The molecule has 0 aliphatic carbocycles. The largest absolute Gasteiger partial charge is 0.506 e. The van der Waals surface area contributed by atoms with Gasteiger partial charge in [-0.3, -0.25) is 4.79 Å². The van der Waals surface area contributed by atoms with E-state index in [-0.39, 0.29) is 29.4 Å². The highest BCUT2D eigenvalue weighted by Gasteiger charge is 2.24. The Morgan fingerprint density at radius 2 is 2.33 bits per heavy atom. The van der Waals surface area contributed by atoms with E-state index < -0.39 is 0 Å². The maximum absolute atomic E-state index is 12.2. The van der Waals surface area contributed by atoms with E-state index in [0.29, 0.717) is 25.3 Å². The minimum atomic E-state index is -0.338. The van der Waals surface area contributed by atoms with Crippen molar-refractivity contribution in [2.24, 2.45) is 0 Å². The van der Waals surface area contributed by atoms with Crippen molar-refractivity contribution >= 4 is 17.5 Å². The summed E-state index contributed by atoms with van der Waals surface area (Å²) in [5, 5.41) is 18.5. The predicted molar refractivity (Wildman–Crippen MR) is 65.8 cm³/mol. The second kappa shape index (κ2) is 5.56. The Morgan fingerprint density at radius 3 is 3.00 bits per heavy atom. The van der Waals surface area contributed by atoms with Gasteiger partial charge in [0.1, 0.15) is 5.75 Å². The zero-order valence-corrected chi connectivity index (χ0v) is 10.4. The number of rotatable bonds is 2. The SMILES string of the molecule is O=C(c1ccc(O)c(Cl)c1)N1CCOC(CO)C1. The summed E-state index contributed by atoms with van der Waals surface area (Å²) >= 11 is 5.77. The number of aliphatic hydroxyl groups is 1. The van der Waals surface area contributed by atoms with E-state index in [1.807, 2.05) is 0 Å². The lowest BCUT2D eigenvalue weighted by molar-refractivity contribution is -0.0447. The molecule has 1 unspecified atom stereocenters. The molecule has 1 heterocycles. The standard InChI is InChI=1S/C12H14ClNO4/c13-10-5-8(1-2-11(10)16)12(17)14-3-4-18-9(6-14)7-15/h1-2,5,9,15-16H,3-4,6-7H2. The molecule has 5 nitrogen and oxygen atoms in total. The van der Waals surface area contributed by atoms with E-state index in [1.54, 1.807) is 4.90 Å². The first-order chi connectivity index (χ1) is 8.61. The number of carbonyl (C=O) groups excluding carboxylic acids is 1. The van der Waals surface area contributed by atoms with Gasteiger partial charge in [0.25, 0.3) is 5.91 Å². The number of ether oxygens (including phenoxy) is 1. The molecular formula is C12H14ClNO4. The maximum atomic E-state index is 12.2. The number of aromatic hydroxyl groups is 1. The molecule has 2 N–H and O–H groups in total. The lowest BCUT2D eigenvalue weighted by Crippen LogP contribution is -2.46. The molecule has 0 aromatic heterocycles. The van der Waals surface area contributed by atoms with Crippen molar-refractivity contribution in [3.63, 3.8) is 0 Å². The Hall–Kier alpha value is -1.30. The quantitative estimate of drug-likeness (QED) is 0.838. The highest BCUT2D eigenvalue weighted by atomic mass is 35.5. The van der Waals surface area contributed by atoms with Gasteiger partial charge in [0, 0.05) is 18.7 Å². The number of hydrogen-bond acceptors (Lipinski definition) is 4. The van der Waals surface area contributed by atoms with Crippen LogP contribution in [0.3, 0.4) is 0 Å². The van der Waals surface area contributed by atoms with E-state index in [2.05, 4.69) is 0 Å². The molecule has 1 aliphatic heterocycles. The monoisotopic (exact) mass is 271 g/mol. The smallest absolute Gasteiger partial charge is 0.254 e. The van der Waals surface area contributed by atoms with Gasteiger partial charge in [0.2, 0.25) is 0 Å². The zero-order valence-electron chi connectivity index (χ0n) is 9.67. The first-order valence-corrected chi connectivity index (χ1v) is 6.00. The average Bonchev–Trinajstić information content (AvgIpc) is 2.41. The van der Waals surface area contributed by atoms with Crippen molar-refractivity contribution < 1.29 is 19.7 Å². The topological polar surface area (TPSA) is 70.0 Å². The van der Waals surface area contributed by atoms with Gasteiger partial charge in [0.05, 0.1) is 24.3 Å². The van der Waals surface area contributed by atoms with Crippen LogP contribution in [0.2, 0.25) is 5.02 Å². The molecule has 0 spiro atoms. The van der Waals surface area contributed by atoms with Crippen molar-refractivity contribution in [2.45, 2.75) is 6.10 Å². The fourth-order valence-corrected chi connectivity index (χ4v) is 2.02. The number of phenols is 1. The third-order valence-electron chi connectivity index (χ3n) is 2.82. The van der Waals surface area contributed by atoms with Crippen LogP contribution in [0.5, 0.6) is 5.75 Å². The predicted octanol–water partition coefficient (Wildman–Crippen LogP) is 0.879. The fourth-order valence-electron chi connectivity index (χ4n) is 1.84. The molecule has 1 aromatic carbocycles. The Kier molecular flexibility index (Phi) is 4.06. The number of benzene rings is 1. The Bertz CT molecular complexity index is 452. The minimum absolute atomic E-state index is 0.0524. The zero-order chi connectivity index (χ0) is 13.1. The second-order valence-corrected chi connectivity index (χ2v) is 4.50. The summed E-state index contributed by atoms with van der Waals surface area (Å²) in [6, 6.07) is 4.34. The summed E-state index contributed by atoms with van der Waals surface area (Å²) in [4.78, 5) is 13.8. The number of halogens is 1. The highest BCUT2D eigenvalue weighted by Crippen LogP contribution is 2.24. The van der Waals surface area contributed by atoms with Crippen LogP contribution in [-0.4, -0.2) is 53.4 Å². The lowest BCUT2D eigenvalue weighted by Gasteiger charge is -2.32. The molecular weight excluding hydrogens is 258 g/mol. The number of carbonyl (C=O) groups is 1. The van der Waals surface area contributed by atoms with E-state index in [0.717, 1.165) is 0 Å². The minimum Gasteiger partial charge on any atom is -0.506 e. The number of hydrogen-bond donors (Lipinski definition) is 2. The van der Waals surface area contributed by atoms with E-state index in [1.165, 1.54) is 18.2 Å². The van der Waals surface area contributed by atoms with Crippen LogP contribution >= 0.6 is 11.6 Å². The Morgan fingerprint density at radius 1 is 1.56 bits per heavy atom. The highest BCUT2D eigenvalue weighted by molar-refractivity contribution is 6.32. The van der Waals surface area contributed by atoms with Gasteiger partial charge in [-0.1, -0.05) is 11.6 Å². The van der Waals surface area contributed by atoms with Gasteiger partial charge in [0.15, 0.2) is 0 Å². The lowest BCUT2D eigenvalue weighted by atomic mass is 10.1. The van der Waals surface area contributed by atoms with Crippen LogP contribution in [0.4, 0.5) is 0 Å². The third kappa shape index (κ3) is 2.75. The summed E-state index contributed by atoms with van der Waals surface area (Å²) in [5.74, 6) is -0.234. The van der Waals surface area contributed by atoms with Crippen LogP contribution in [0.25, 0.3) is 0 Å². The van der Waals surface area contributed by atoms with E-state index in [4.69, 9.17) is 21.4 Å². The first-order valence-electron chi connectivity index (χ1n) is 5.62. The summed E-state index contributed by atoms with van der Waals surface area (Å²) < 4.78 is 5.28. The molecule has 1 aromatic rings. The van der Waals surface area contributed by atoms with Gasteiger partial charge in [-0.05, 0) is 18.2 Å². The van der Waals surface area contributed by atoms with Crippen LogP contribution in [0.1, 0.15) is 10.4 Å². The summed E-state index contributed by atoms with van der Waals surface area (Å²) in [6.45, 7) is 1.13. The van der Waals surface area contributed by atoms with Crippen LogP contribution in [0.15, 0.2) is 18.2 Å². The summed E-state index contributed by atoms with van der Waals surface area (Å²) in [6.07, 6.45) is -0.338. The van der Waals surface area contributed by atoms with Gasteiger partial charge in [-0.2, -0.15) is 0 Å². The van der Waals surface area contributed by atoms with Crippen molar-refractivity contribution in [3.05, 3.63) is 28.8 Å². The molecule has 1 saturated heterocycles. The number of nitrogens with zero attached hydrogens (tertiary/aromatic N) is 1. The van der Waals surface area contributed by atoms with Crippen LogP contribution < -0.4 is 0 Å². The molecule has 18 heavy (non-hydrogen) atoms. The van der Waals surface area contributed by atoms with Gasteiger partial charge >= 0.3 is 0 Å². The molecule has 1 aliphatic rings. The Balaban J connectivity index is 2.12. The fraction of sp³-hybridized carbons (Fsp3) is 0.417. The number of morpholine rings is 1. The van der Waals surface area contributed by atoms with Crippen molar-refractivity contribution in [2.75, 3.05) is 26.3 Å². The number of amides is 1. The first kappa shape index (κ1) is 13.1. The summed E-state index contributed by atoms with van der Waals surface area (Å²) in [7, 11) is 0.